The van der Waals surface area contributed by atoms with Crippen molar-refractivity contribution in [2.75, 3.05) is 33.9 Å². The predicted molar refractivity (Wildman–Crippen MR) is 42.4 cm³/mol. The molecule has 0 bridgehead atoms. The van der Waals surface area contributed by atoms with Crippen LogP contribution in [0.5, 0.6) is 0 Å². The number of hydroxylamine groups is 2. The highest BCUT2D eigenvalue weighted by atomic mass is 16.7. The van der Waals surface area contributed by atoms with Crippen LogP contribution >= 0.6 is 0 Å². The van der Waals surface area contributed by atoms with Crippen LogP contribution in [0.2, 0.25) is 0 Å². The third-order valence-corrected chi connectivity index (χ3v) is 1.80. The number of hydrogen-bond donors (Lipinski definition) is 1. The van der Waals surface area contributed by atoms with Gasteiger partial charge in [0, 0.05) is 13.6 Å². The number of hydrogen-bond acceptors (Lipinski definition) is 4. The Bertz CT molecular complexity index is 157. The Balaban J connectivity index is 2.39. The van der Waals surface area contributed by atoms with Crippen LogP contribution in [0.15, 0.2) is 0 Å². The fraction of sp³-hybridized carbons (Fsp3) is 0.857. The minimum absolute atomic E-state index is 0.0998. The van der Waals surface area contributed by atoms with Gasteiger partial charge in [-0.1, -0.05) is 0 Å². The molecule has 1 amide bonds. The topological polar surface area (TPSA) is 50.8 Å². The highest BCUT2D eigenvalue weighted by molar-refractivity contribution is 5.80. The van der Waals surface area contributed by atoms with E-state index in [9.17, 15) is 4.79 Å². The zero-order chi connectivity index (χ0) is 8.97. The first-order chi connectivity index (χ1) is 5.75. The Morgan fingerprint density at radius 3 is 3.00 bits per heavy atom. The minimum Gasteiger partial charge on any atom is -0.378 e. The van der Waals surface area contributed by atoms with E-state index >= 15 is 0 Å². The van der Waals surface area contributed by atoms with E-state index < -0.39 is 0 Å². The monoisotopic (exact) mass is 174 g/mol. The van der Waals surface area contributed by atoms with Gasteiger partial charge in [0.25, 0.3) is 5.91 Å². The van der Waals surface area contributed by atoms with Gasteiger partial charge in [-0.15, -0.1) is 0 Å². The summed E-state index contributed by atoms with van der Waals surface area (Å²) in [7, 11) is 3.04. The molecule has 12 heavy (non-hydrogen) atoms. The molecule has 0 aromatic heterocycles. The highest BCUT2D eigenvalue weighted by Gasteiger charge is 2.24. The molecule has 70 valence electrons. The number of amides is 1. The molecule has 1 atom stereocenters. The molecular weight excluding hydrogens is 160 g/mol. The first-order valence-electron chi connectivity index (χ1n) is 3.88. The van der Waals surface area contributed by atoms with Crippen molar-refractivity contribution in [3.8, 4) is 0 Å². The van der Waals surface area contributed by atoms with Gasteiger partial charge in [0.2, 0.25) is 0 Å². The molecule has 0 saturated carbocycles. The van der Waals surface area contributed by atoms with Crippen LogP contribution in [-0.4, -0.2) is 50.9 Å². The van der Waals surface area contributed by atoms with Crippen molar-refractivity contribution >= 4 is 5.91 Å². The van der Waals surface area contributed by atoms with Crippen LogP contribution in [0.4, 0.5) is 0 Å². The maximum Gasteiger partial charge on any atom is 0.265 e. The van der Waals surface area contributed by atoms with E-state index in [0.717, 1.165) is 0 Å². The van der Waals surface area contributed by atoms with Gasteiger partial charge < -0.3 is 10.1 Å². The molecule has 0 aromatic carbocycles. The van der Waals surface area contributed by atoms with Crippen molar-refractivity contribution in [3.63, 3.8) is 0 Å². The number of rotatable bonds is 2. The normalized spacial score (nSPS) is 23.7. The Labute approximate surface area is 71.6 Å². The van der Waals surface area contributed by atoms with Crippen molar-refractivity contribution in [2.45, 2.75) is 6.04 Å². The van der Waals surface area contributed by atoms with Gasteiger partial charge in [0.15, 0.2) is 0 Å². The fourth-order valence-corrected chi connectivity index (χ4v) is 1.03. The number of carbonyl (C=O) groups is 1. The Kier molecular flexibility index (Phi) is 3.46. The van der Waals surface area contributed by atoms with Gasteiger partial charge in [0.05, 0.1) is 20.3 Å². The molecule has 1 rings (SSSR count). The van der Waals surface area contributed by atoms with Crippen molar-refractivity contribution < 1.29 is 14.4 Å². The summed E-state index contributed by atoms with van der Waals surface area (Å²) in [5.41, 5.74) is 0. The largest absolute Gasteiger partial charge is 0.378 e. The average molecular weight is 174 g/mol. The maximum absolute atomic E-state index is 11.4. The van der Waals surface area contributed by atoms with Gasteiger partial charge in [-0.05, 0) is 0 Å². The molecule has 1 N–H and O–H groups in total. The standard InChI is InChI=1S/C7H14N2O3/c1-9(11-2)7(10)6-5-12-4-3-8-6/h6,8H,3-5H2,1-2H3/t6-/m1/s1. The fourth-order valence-electron chi connectivity index (χ4n) is 1.03. The van der Waals surface area contributed by atoms with Crippen molar-refractivity contribution in [3.05, 3.63) is 0 Å². The summed E-state index contributed by atoms with van der Waals surface area (Å²) >= 11 is 0. The van der Waals surface area contributed by atoms with E-state index in [4.69, 9.17) is 9.57 Å². The molecule has 1 heterocycles. The zero-order valence-electron chi connectivity index (χ0n) is 7.37. The summed E-state index contributed by atoms with van der Waals surface area (Å²) < 4.78 is 5.13. The van der Waals surface area contributed by atoms with Gasteiger partial charge in [-0.25, -0.2) is 5.06 Å². The number of morpholine rings is 1. The first-order valence-corrected chi connectivity index (χ1v) is 3.88. The molecule has 0 aliphatic carbocycles. The van der Waals surface area contributed by atoms with E-state index in [1.54, 1.807) is 7.05 Å². The lowest BCUT2D eigenvalue weighted by atomic mass is 10.2. The molecular formula is C7H14N2O3. The Morgan fingerprint density at radius 1 is 1.75 bits per heavy atom. The van der Waals surface area contributed by atoms with Gasteiger partial charge >= 0.3 is 0 Å². The molecule has 1 fully saturated rings. The Morgan fingerprint density at radius 2 is 2.50 bits per heavy atom. The molecule has 1 aliphatic rings. The summed E-state index contributed by atoms with van der Waals surface area (Å²) in [6.45, 7) is 1.81. The summed E-state index contributed by atoms with van der Waals surface area (Å²) in [4.78, 5) is 16.1. The van der Waals surface area contributed by atoms with E-state index in [1.165, 1.54) is 12.2 Å². The lowest BCUT2D eigenvalue weighted by molar-refractivity contribution is -0.173. The predicted octanol–water partition coefficient (Wildman–Crippen LogP) is -1.01. The SMILES string of the molecule is CON(C)C(=O)[C@H]1COCCN1. The van der Waals surface area contributed by atoms with Crippen molar-refractivity contribution in [1.29, 1.82) is 0 Å². The summed E-state index contributed by atoms with van der Waals surface area (Å²) in [5.74, 6) is -0.0998. The molecule has 0 unspecified atom stereocenters. The van der Waals surface area contributed by atoms with Crippen LogP contribution in [0.25, 0.3) is 0 Å². The maximum atomic E-state index is 11.4. The van der Waals surface area contributed by atoms with Gasteiger partial charge in [0.1, 0.15) is 6.04 Å². The molecule has 0 spiro atoms. The van der Waals surface area contributed by atoms with Crippen LogP contribution in [0, 0.1) is 0 Å². The van der Waals surface area contributed by atoms with Crippen LogP contribution in [-0.2, 0) is 14.4 Å². The number of nitrogens with zero attached hydrogens (tertiary/aromatic N) is 1. The summed E-state index contributed by atoms with van der Waals surface area (Å²) in [6, 6.07) is -0.260. The summed E-state index contributed by atoms with van der Waals surface area (Å²) in [6.07, 6.45) is 0. The van der Waals surface area contributed by atoms with Crippen LogP contribution in [0.1, 0.15) is 0 Å². The molecule has 1 aliphatic heterocycles. The van der Waals surface area contributed by atoms with Crippen molar-refractivity contribution in [1.82, 2.24) is 10.4 Å². The van der Waals surface area contributed by atoms with E-state index in [-0.39, 0.29) is 11.9 Å². The zero-order valence-corrected chi connectivity index (χ0v) is 7.37. The molecule has 5 heteroatoms. The van der Waals surface area contributed by atoms with Crippen molar-refractivity contribution in [2.24, 2.45) is 0 Å². The number of carbonyl (C=O) groups excluding carboxylic acids is 1. The minimum atomic E-state index is -0.260. The quantitative estimate of drug-likeness (QED) is 0.545. The van der Waals surface area contributed by atoms with Gasteiger partial charge in [-0.2, -0.15) is 0 Å². The lowest BCUT2D eigenvalue weighted by Gasteiger charge is -2.25. The Hall–Kier alpha value is -0.650. The third-order valence-electron chi connectivity index (χ3n) is 1.80. The average Bonchev–Trinajstić information content (AvgIpc) is 2.17. The summed E-state index contributed by atoms with van der Waals surface area (Å²) in [5, 5.41) is 4.24. The first kappa shape index (κ1) is 9.44. The third kappa shape index (κ3) is 2.17. The van der Waals surface area contributed by atoms with E-state index in [0.29, 0.717) is 19.8 Å². The highest BCUT2D eigenvalue weighted by Crippen LogP contribution is 1.97. The molecule has 0 aromatic rings. The molecule has 1 saturated heterocycles. The number of nitrogens with one attached hydrogen (secondary N) is 1. The molecule has 0 radical (unpaired) electrons. The number of ether oxygens (including phenoxy) is 1. The second-order valence-electron chi connectivity index (χ2n) is 2.60. The van der Waals surface area contributed by atoms with Crippen LogP contribution in [0.3, 0.4) is 0 Å². The van der Waals surface area contributed by atoms with Gasteiger partial charge in [-0.3, -0.25) is 9.63 Å². The second kappa shape index (κ2) is 4.39. The lowest BCUT2D eigenvalue weighted by Crippen LogP contribution is -2.51. The van der Waals surface area contributed by atoms with E-state index in [1.807, 2.05) is 0 Å². The van der Waals surface area contributed by atoms with Crippen LogP contribution < -0.4 is 5.32 Å². The second-order valence-corrected chi connectivity index (χ2v) is 2.60. The van der Waals surface area contributed by atoms with E-state index in [2.05, 4.69) is 5.32 Å². The number of likely N-dealkylation sites (N-methyl/N-ethyl adjacent to an activating group) is 1. The smallest absolute Gasteiger partial charge is 0.265 e. The molecule has 5 nitrogen and oxygen atoms in total.